The highest BCUT2D eigenvalue weighted by Crippen LogP contribution is 2.22. The number of hydrogen-bond donors (Lipinski definition) is 1. The van der Waals surface area contributed by atoms with Crippen LogP contribution in [0.25, 0.3) is 11.5 Å². The molecule has 0 radical (unpaired) electrons. The van der Waals surface area contributed by atoms with E-state index in [1.807, 2.05) is 41.7 Å². The standard InChI is InChI=1S/C17H24N6/c1-3-4-6-16-19-13-15(21-16)17-18-9-12-23(17)14(2)7-11-22-10-5-8-20-22/h5,8-10,12-14H,3-4,6-7,11H2,1-2H3,(H,19,21). The molecule has 0 saturated heterocycles. The van der Waals surface area contributed by atoms with Crippen LogP contribution in [0.2, 0.25) is 0 Å². The smallest absolute Gasteiger partial charge is 0.158 e. The van der Waals surface area contributed by atoms with E-state index in [1.54, 1.807) is 0 Å². The molecule has 0 bridgehead atoms. The zero-order valence-electron chi connectivity index (χ0n) is 13.8. The lowest BCUT2D eigenvalue weighted by molar-refractivity contribution is 0.449. The SMILES string of the molecule is CCCCc1ncc(-c2nccn2C(C)CCn2cccn2)[nH]1. The van der Waals surface area contributed by atoms with Gasteiger partial charge in [-0.2, -0.15) is 5.10 Å². The molecule has 3 heterocycles. The van der Waals surface area contributed by atoms with Gasteiger partial charge in [0.25, 0.3) is 0 Å². The van der Waals surface area contributed by atoms with E-state index in [2.05, 4.69) is 38.5 Å². The lowest BCUT2D eigenvalue weighted by atomic mass is 10.2. The van der Waals surface area contributed by atoms with E-state index in [1.165, 1.54) is 6.42 Å². The summed E-state index contributed by atoms with van der Waals surface area (Å²) < 4.78 is 4.17. The molecule has 6 heteroatoms. The highest BCUT2D eigenvalue weighted by atomic mass is 15.3. The summed E-state index contributed by atoms with van der Waals surface area (Å²) in [6.45, 7) is 5.30. The van der Waals surface area contributed by atoms with Crippen molar-refractivity contribution in [3.63, 3.8) is 0 Å². The first kappa shape index (κ1) is 15.5. The van der Waals surface area contributed by atoms with Crippen LogP contribution in [0.5, 0.6) is 0 Å². The first-order valence-corrected chi connectivity index (χ1v) is 8.32. The third kappa shape index (κ3) is 3.70. The van der Waals surface area contributed by atoms with Crippen molar-refractivity contribution in [1.82, 2.24) is 29.3 Å². The maximum absolute atomic E-state index is 4.52. The minimum absolute atomic E-state index is 0.346. The summed E-state index contributed by atoms with van der Waals surface area (Å²) in [5.74, 6) is 1.99. The van der Waals surface area contributed by atoms with Gasteiger partial charge in [-0.3, -0.25) is 4.68 Å². The largest absolute Gasteiger partial charge is 0.339 e. The number of unbranched alkanes of at least 4 members (excludes halogenated alkanes) is 1. The second-order valence-electron chi connectivity index (χ2n) is 5.91. The molecule has 1 atom stereocenters. The minimum atomic E-state index is 0.346. The summed E-state index contributed by atoms with van der Waals surface area (Å²) in [7, 11) is 0. The van der Waals surface area contributed by atoms with Gasteiger partial charge in [-0.1, -0.05) is 13.3 Å². The number of H-pyrrole nitrogens is 1. The molecule has 0 aliphatic rings. The van der Waals surface area contributed by atoms with Crippen LogP contribution < -0.4 is 0 Å². The van der Waals surface area contributed by atoms with Crippen molar-refractivity contribution in [2.24, 2.45) is 0 Å². The predicted molar refractivity (Wildman–Crippen MR) is 90.0 cm³/mol. The van der Waals surface area contributed by atoms with Crippen molar-refractivity contribution in [2.45, 2.75) is 52.1 Å². The first-order valence-electron chi connectivity index (χ1n) is 8.32. The molecule has 3 aromatic rings. The van der Waals surface area contributed by atoms with Gasteiger partial charge in [0.1, 0.15) is 11.5 Å². The Morgan fingerprint density at radius 3 is 2.91 bits per heavy atom. The molecule has 0 amide bonds. The van der Waals surface area contributed by atoms with E-state index >= 15 is 0 Å². The van der Waals surface area contributed by atoms with Gasteiger partial charge in [0.2, 0.25) is 0 Å². The lowest BCUT2D eigenvalue weighted by Gasteiger charge is -2.15. The van der Waals surface area contributed by atoms with E-state index in [-0.39, 0.29) is 0 Å². The Hall–Kier alpha value is -2.37. The Morgan fingerprint density at radius 2 is 2.13 bits per heavy atom. The van der Waals surface area contributed by atoms with Crippen LogP contribution in [0.3, 0.4) is 0 Å². The number of imidazole rings is 2. The Morgan fingerprint density at radius 1 is 1.22 bits per heavy atom. The Kier molecular flexibility index (Phi) is 4.90. The van der Waals surface area contributed by atoms with E-state index in [4.69, 9.17) is 0 Å². The zero-order valence-corrected chi connectivity index (χ0v) is 13.8. The van der Waals surface area contributed by atoms with Crippen molar-refractivity contribution >= 4 is 0 Å². The summed E-state index contributed by atoms with van der Waals surface area (Å²) in [6, 6.07) is 2.30. The number of aromatic nitrogens is 6. The third-order valence-corrected chi connectivity index (χ3v) is 4.12. The lowest BCUT2D eigenvalue weighted by Crippen LogP contribution is -2.10. The Labute approximate surface area is 136 Å². The van der Waals surface area contributed by atoms with Gasteiger partial charge in [0.05, 0.1) is 6.20 Å². The zero-order chi connectivity index (χ0) is 16.1. The fraction of sp³-hybridized carbons (Fsp3) is 0.471. The second-order valence-corrected chi connectivity index (χ2v) is 5.91. The third-order valence-electron chi connectivity index (χ3n) is 4.12. The highest BCUT2D eigenvalue weighted by molar-refractivity contribution is 5.49. The van der Waals surface area contributed by atoms with Crippen LogP contribution >= 0.6 is 0 Å². The molecule has 0 spiro atoms. The van der Waals surface area contributed by atoms with Crippen LogP contribution in [0.15, 0.2) is 37.1 Å². The number of aryl methyl sites for hydroxylation is 2. The summed E-state index contributed by atoms with van der Waals surface area (Å²) in [5, 5.41) is 4.26. The molecule has 0 fully saturated rings. The van der Waals surface area contributed by atoms with Gasteiger partial charge in [-0.05, 0) is 25.8 Å². The van der Waals surface area contributed by atoms with Gasteiger partial charge in [0, 0.05) is 43.8 Å². The molecule has 0 aliphatic heterocycles. The Bertz CT molecular complexity index is 709. The molecule has 0 saturated carbocycles. The summed E-state index contributed by atoms with van der Waals surface area (Å²) in [5.41, 5.74) is 0.993. The summed E-state index contributed by atoms with van der Waals surface area (Å²) in [4.78, 5) is 12.4. The molecule has 6 nitrogen and oxygen atoms in total. The van der Waals surface area contributed by atoms with Gasteiger partial charge in [-0.25, -0.2) is 9.97 Å². The molecule has 3 aromatic heterocycles. The van der Waals surface area contributed by atoms with Crippen LogP contribution in [0.1, 0.15) is 45.0 Å². The predicted octanol–water partition coefficient (Wildman–Crippen LogP) is 3.46. The number of rotatable bonds is 8. The first-order chi connectivity index (χ1) is 11.3. The average molecular weight is 312 g/mol. The maximum atomic E-state index is 4.52. The van der Waals surface area contributed by atoms with E-state index < -0.39 is 0 Å². The number of nitrogens with zero attached hydrogens (tertiary/aromatic N) is 5. The van der Waals surface area contributed by atoms with E-state index in [0.29, 0.717) is 6.04 Å². The monoisotopic (exact) mass is 312 g/mol. The fourth-order valence-corrected chi connectivity index (χ4v) is 2.72. The van der Waals surface area contributed by atoms with Crippen molar-refractivity contribution in [3.8, 4) is 11.5 Å². The van der Waals surface area contributed by atoms with Gasteiger partial charge in [-0.15, -0.1) is 0 Å². The van der Waals surface area contributed by atoms with E-state index in [0.717, 1.165) is 43.1 Å². The summed E-state index contributed by atoms with van der Waals surface area (Å²) >= 11 is 0. The number of hydrogen-bond acceptors (Lipinski definition) is 3. The molecule has 0 aromatic carbocycles. The van der Waals surface area contributed by atoms with Gasteiger partial charge >= 0.3 is 0 Å². The van der Waals surface area contributed by atoms with Crippen LogP contribution in [-0.2, 0) is 13.0 Å². The maximum Gasteiger partial charge on any atom is 0.158 e. The molecule has 1 unspecified atom stereocenters. The average Bonchev–Trinajstić information content (AvgIpc) is 3.31. The number of nitrogens with one attached hydrogen (secondary N) is 1. The molecule has 3 rings (SSSR count). The quantitative estimate of drug-likeness (QED) is 0.692. The normalized spacial score (nSPS) is 12.6. The molecular weight excluding hydrogens is 288 g/mol. The van der Waals surface area contributed by atoms with Crippen molar-refractivity contribution in [1.29, 1.82) is 0 Å². The van der Waals surface area contributed by atoms with Gasteiger partial charge in [0.15, 0.2) is 5.82 Å². The minimum Gasteiger partial charge on any atom is -0.339 e. The summed E-state index contributed by atoms with van der Waals surface area (Å²) in [6.07, 6.45) is 13.9. The molecule has 122 valence electrons. The van der Waals surface area contributed by atoms with Crippen molar-refractivity contribution in [2.75, 3.05) is 0 Å². The molecular formula is C17H24N6. The topological polar surface area (TPSA) is 64.3 Å². The van der Waals surface area contributed by atoms with Gasteiger partial charge < -0.3 is 9.55 Å². The van der Waals surface area contributed by atoms with E-state index in [9.17, 15) is 0 Å². The molecule has 0 aliphatic carbocycles. The van der Waals surface area contributed by atoms with Crippen molar-refractivity contribution < 1.29 is 0 Å². The fourth-order valence-electron chi connectivity index (χ4n) is 2.72. The highest BCUT2D eigenvalue weighted by Gasteiger charge is 2.14. The van der Waals surface area contributed by atoms with Crippen LogP contribution in [-0.4, -0.2) is 29.3 Å². The molecule has 23 heavy (non-hydrogen) atoms. The van der Waals surface area contributed by atoms with Crippen LogP contribution in [0.4, 0.5) is 0 Å². The molecule has 1 N–H and O–H groups in total. The van der Waals surface area contributed by atoms with Crippen LogP contribution in [0, 0.1) is 0 Å². The Balaban J connectivity index is 1.69. The number of aromatic amines is 1. The second kappa shape index (κ2) is 7.26. The van der Waals surface area contributed by atoms with Crippen molar-refractivity contribution in [3.05, 3.63) is 42.9 Å².